The van der Waals surface area contributed by atoms with E-state index in [-0.39, 0.29) is 12.5 Å². The second-order valence-electron chi connectivity index (χ2n) is 4.03. The molecule has 0 saturated carbocycles. The molecule has 1 aromatic rings. The summed E-state index contributed by atoms with van der Waals surface area (Å²) in [4.78, 5) is 13.8. The lowest BCUT2D eigenvalue weighted by atomic mass is 10.1. The predicted molar refractivity (Wildman–Crippen MR) is 69.5 cm³/mol. The molecule has 0 spiro atoms. The molecule has 0 fully saturated rings. The molecule has 1 rings (SSSR count). The maximum Gasteiger partial charge on any atom is 0.253 e. The highest BCUT2D eigenvalue weighted by atomic mass is 35.5. The minimum absolute atomic E-state index is 0.0225. The number of carbonyl (C=O) groups is 1. The number of halogens is 1. The van der Waals surface area contributed by atoms with Gasteiger partial charge in [0.1, 0.15) is 0 Å². The van der Waals surface area contributed by atoms with E-state index in [1.807, 2.05) is 26.0 Å². The van der Waals surface area contributed by atoms with E-state index >= 15 is 0 Å². The van der Waals surface area contributed by atoms with Crippen molar-refractivity contribution < 1.29 is 9.90 Å². The average Bonchev–Trinajstić information content (AvgIpc) is 2.26. The molecular weight excluding hydrogens is 238 g/mol. The average molecular weight is 256 g/mol. The van der Waals surface area contributed by atoms with Crippen LogP contribution >= 0.6 is 11.6 Å². The lowest BCUT2D eigenvalue weighted by Crippen LogP contribution is -2.34. The van der Waals surface area contributed by atoms with Gasteiger partial charge >= 0.3 is 0 Å². The number of hydrogen-bond acceptors (Lipinski definition) is 2. The third kappa shape index (κ3) is 4.02. The van der Waals surface area contributed by atoms with Gasteiger partial charge in [0.25, 0.3) is 5.91 Å². The van der Waals surface area contributed by atoms with Crippen molar-refractivity contribution in [2.75, 3.05) is 19.7 Å². The van der Waals surface area contributed by atoms with E-state index in [0.29, 0.717) is 23.7 Å². The fourth-order valence-corrected chi connectivity index (χ4v) is 2.04. The van der Waals surface area contributed by atoms with Crippen LogP contribution in [-0.4, -0.2) is 35.6 Å². The lowest BCUT2D eigenvalue weighted by Gasteiger charge is -2.21. The van der Waals surface area contributed by atoms with Crippen molar-refractivity contribution in [2.24, 2.45) is 0 Å². The van der Waals surface area contributed by atoms with Crippen LogP contribution in [0.3, 0.4) is 0 Å². The Labute approximate surface area is 107 Å². The van der Waals surface area contributed by atoms with Crippen LogP contribution in [0, 0.1) is 6.92 Å². The van der Waals surface area contributed by atoms with E-state index in [9.17, 15) is 4.79 Å². The predicted octanol–water partition coefficient (Wildman–Crippen LogP) is 2.49. The van der Waals surface area contributed by atoms with Crippen LogP contribution in [-0.2, 0) is 0 Å². The Morgan fingerprint density at radius 2 is 2.06 bits per heavy atom. The number of nitrogens with zero attached hydrogens (tertiary/aromatic N) is 1. The Kier molecular flexibility index (Phi) is 5.45. The number of aliphatic hydroxyl groups is 1. The van der Waals surface area contributed by atoms with Gasteiger partial charge in [0.15, 0.2) is 0 Å². The summed E-state index contributed by atoms with van der Waals surface area (Å²) in [6, 6.07) is 5.29. The van der Waals surface area contributed by atoms with Crippen molar-refractivity contribution in [1.29, 1.82) is 0 Å². The van der Waals surface area contributed by atoms with Crippen molar-refractivity contribution in [3.63, 3.8) is 0 Å². The van der Waals surface area contributed by atoms with Crippen LogP contribution in [0.2, 0.25) is 5.02 Å². The second-order valence-corrected chi connectivity index (χ2v) is 4.47. The largest absolute Gasteiger partial charge is 0.395 e. The van der Waals surface area contributed by atoms with E-state index in [1.165, 1.54) is 0 Å². The molecule has 4 heteroatoms. The van der Waals surface area contributed by atoms with Crippen LogP contribution in [0.25, 0.3) is 0 Å². The Hall–Kier alpha value is -1.06. The molecule has 0 aliphatic rings. The van der Waals surface area contributed by atoms with E-state index in [0.717, 1.165) is 12.0 Å². The van der Waals surface area contributed by atoms with Gasteiger partial charge in [0, 0.05) is 23.7 Å². The first-order valence-electron chi connectivity index (χ1n) is 5.75. The summed E-state index contributed by atoms with van der Waals surface area (Å²) in [5.41, 5.74) is 1.54. The summed E-state index contributed by atoms with van der Waals surface area (Å²) in [7, 11) is 0. The molecule has 0 aliphatic carbocycles. The molecule has 0 saturated heterocycles. The molecule has 17 heavy (non-hydrogen) atoms. The van der Waals surface area contributed by atoms with Crippen LogP contribution in [0.1, 0.15) is 29.3 Å². The standard InChI is InChI=1S/C13H18ClNO2/c1-3-4-15(5-6-16)13(17)11-7-10(2)8-12(14)9-11/h7-9,16H,3-6H2,1-2H3. The van der Waals surface area contributed by atoms with Crippen LogP contribution in [0.4, 0.5) is 0 Å². The number of benzene rings is 1. The molecule has 0 aromatic heterocycles. The zero-order valence-corrected chi connectivity index (χ0v) is 11.0. The smallest absolute Gasteiger partial charge is 0.253 e. The van der Waals surface area contributed by atoms with E-state index in [4.69, 9.17) is 16.7 Å². The molecule has 0 heterocycles. The van der Waals surface area contributed by atoms with Crippen molar-refractivity contribution in [3.05, 3.63) is 34.3 Å². The SMILES string of the molecule is CCCN(CCO)C(=O)c1cc(C)cc(Cl)c1. The van der Waals surface area contributed by atoms with Crippen molar-refractivity contribution in [2.45, 2.75) is 20.3 Å². The highest BCUT2D eigenvalue weighted by molar-refractivity contribution is 6.31. The molecule has 1 N–H and O–H groups in total. The minimum atomic E-state index is -0.0773. The molecule has 0 radical (unpaired) electrons. The zero-order chi connectivity index (χ0) is 12.8. The van der Waals surface area contributed by atoms with Crippen molar-refractivity contribution in [1.82, 2.24) is 4.90 Å². The summed E-state index contributed by atoms with van der Waals surface area (Å²) < 4.78 is 0. The highest BCUT2D eigenvalue weighted by Crippen LogP contribution is 2.16. The first-order chi connectivity index (χ1) is 8.08. The number of hydrogen-bond donors (Lipinski definition) is 1. The summed E-state index contributed by atoms with van der Waals surface area (Å²) in [5, 5.41) is 9.51. The summed E-state index contributed by atoms with van der Waals surface area (Å²) in [6.07, 6.45) is 0.866. The molecule has 0 bridgehead atoms. The van der Waals surface area contributed by atoms with Gasteiger partial charge in [0.05, 0.1) is 6.61 Å². The summed E-state index contributed by atoms with van der Waals surface area (Å²) >= 11 is 5.93. The topological polar surface area (TPSA) is 40.5 Å². The maximum atomic E-state index is 12.2. The first-order valence-corrected chi connectivity index (χ1v) is 6.13. The van der Waals surface area contributed by atoms with Gasteiger partial charge in [-0.1, -0.05) is 18.5 Å². The second kappa shape index (κ2) is 6.62. The number of carbonyl (C=O) groups excluding carboxylic acids is 1. The van der Waals surface area contributed by atoms with Crippen LogP contribution < -0.4 is 0 Å². The van der Waals surface area contributed by atoms with Crippen molar-refractivity contribution in [3.8, 4) is 0 Å². The molecule has 3 nitrogen and oxygen atoms in total. The summed E-state index contributed by atoms with van der Waals surface area (Å²) in [5.74, 6) is -0.0773. The van der Waals surface area contributed by atoms with Crippen molar-refractivity contribution >= 4 is 17.5 Å². The fourth-order valence-electron chi connectivity index (χ4n) is 1.75. The zero-order valence-electron chi connectivity index (χ0n) is 10.2. The molecule has 94 valence electrons. The quantitative estimate of drug-likeness (QED) is 0.878. The molecule has 0 unspecified atom stereocenters. The third-order valence-electron chi connectivity index (χ3n) is 2.44. The first kappa shape index (κ1) is 14.0. The monoisotopic (exact) mass is 255 g/mol. The Bertz CT molecular complexity index is 367. The van der Waals surface area contributed by atoms with Gasteiger partial charge in [-0.05, 0) is 37.1 Å². The number of aryl methyl sites for hydroxylation is 1. The molecule has 0 aliphatic heterocycles. The van der Waals surface area contributed by atoms with Gasteiger partial charge in [-0.15, -0.1) is 0 Å². The van der Waals surface area contributed by atoms with Gasteiger partial charge in [-0.3, -0.25) is 4.79 Å². The maximum absolute atomic E-state index is 12.2. The number of amides is 1. The van der Waals surface area contributed by atoms with E-state index in [1.54, 1.807) is 11.0 Å². The molecule has 1 amide bonds. The molecule has 1 aromatic carbocycles. The number of rotatable bonds is 5. The minimum Gasteiger partial charge on any atom is -0.395 e. The summed E-state index contributed by atoms with van der Waals surface area (Å²) in [6.45, 7) is 4.88. The Balaban J connectivity index is 2.92. The highest BCUT2D eigenvalue weighted by Gasteiger charge is 2.15. The van der Waals surface area contributed by atoms with Gasteiger partial charge in [-0.2, -0.15) is 0 Å². The van der Waals surface area contributed by atoms with E-state index < -0.39 is 0 Å². The number of aliphatic hydroxyl groups excluding tert-OH is 1. The molecular formula is C13H18ClNO2. The van der Waals surface area contributed by atoms with Gasteiger partial charge < -0.3 is 10.0 Å². The molecule has 0 atom stereocenters. The van der Waals surface area contributed by atoms with Crippen LogP contribution in [0.5, 0.6) is 0 Å². The Morgan fingerprint density at radius 1 is 1.35 bits per heavy atom. The van der Waals surface area contributed by atoms with Gasteiger partial charge in [0.2, 0.25) is 0 Å². The fraction of sp³-hybridized carbons (Fsp3) is 0.462. The lowest BCUT2D eigenvalue weighted by molar-refractivity contribution is 0.0722. The van der Waals surface area contributed by atoms with Gasteiger partial charge in [-0.25, -0.2) is 0 Å². The van der Waals surface area contributed by atoms with Crippen LogP contribution in [0.15, 0.2) is 18.2 Å². The normalized spacial score (nSPS) is 10.4. The Morgan fingerprint density at radius 3 is 2.59 bits per heavy atom. The third-order valence-corrected chi connectivity index (χ3v) is 2.66. The van der Waals surface area contributed by atoms with E-state index in [2.05, 4.69) is 0 Å².